The maximum atomic E-state index is 3.95. The van der Waals surface area contributed by atoms with E-state index in [0.29, 0.717) is 0 Å². The van der Waals surface area contributed by atoms with E-state index in [4.69, 9.17) is 0 Å². The van der Waals surface area contributed by atoms with Gasteiger partial charge in [0.05, 0.1) is 6.20 Å². The van der Waals surface area contributed by atoms with Gasteiger partial charge in [0.25, 0.3) is 0 Å². The van der Waals surface area contributed by atoms with Crippen molar-refractivity contribution in [2.24, 2.45) is 0 Å². The molecule has 2 aromatic rings. The van der Waals surface area contributed by atoms with Crippen LogP contribution in [-0.2, 0) is 13.1 Å². The molecule has 5 heteroatoms. The molecule has 5 nitrogen and oxygen atoms in total. The lowest BCUT2D eigenvalue weighted by Gasteiger charge is -2.17. The predicted octanol–water partition coefficient (Wildman–Crippen LogP) is 2.06. The van der Waals surface area contributed by atoms with E-state index in [2.05, 4.69) is 44.8 Å². The summed E-state index contributed by atoms with van der Waals surface area (Å²) < 4.78 is 1.87. The molecule has 112 valence electrons. The van der Waals surface area contributed by atoms with E-state index in [1.165, 1.54) is 37.2 Å². The standard InChI is InChI=1S/C16H23N5/c1-2-11-20(10-1)16-6-4-15(5-7-16)14-17-8-3-12-21-13-9-18-19-21/h4-7,9,13,17H,1-3,8,10-12,14H2. The van der Waals surface area contributed by atoms with Crippen LogP contribution in [0.15, 0.2) is 36.7 Å². The molecule has 0 saturated carbocycles. The van der Waals surface area contributed by atoms with Crippen molar-refractivity contribution in [1.29, 1.82) is 0 Å². The first-order valence-corrected chi connectivity index (χ1v) is 7.80. The van der Waals surface area contributed by atoms with Crippen LogP contribution in [0, 0.1) is 0 Å². The quantitative estimate of drug-likeness (QED) is 0.791. The number of benzene rings is 1. The number of hydrogen-bond acceptors (Lipinski definition) is 4. The normalized spacial score (nSPS) is 14.8. The second-order valence-corrected chi connectivity index (χ2v) is 5.56. The van der Waals surface area contributed by atoms with Crippen molar-refractivity contribution in [3.05, 3.63) is 42.2 Å². The third-order valence-corrected chi connectivity index (χ3v) is 3.95. The SMILES string of the molecule is c1cn(CCCNCc2ccc(N3CCCC3)cc2)nn1. The molecule has 0 amide bonds. The molecule has 0 aliphatic carbocycles. The molecule has 21 heavy (non-hydrogen) atoms. The molecule has 0 radical (unpaired) electrons. The molecule has 0 unspecified atom stereocenters. The smallest absolute Gasteiger partial charge is 0.0692 e. The van der Waals surface area contributed by atoms with Crippen molar-refractivity contribution in [2.75, 3.05) is 24.5 Å². The highest BCUT2D eigenvalue weighted by Gasteiger charge is 2.11. The first-order valence-electron chi connectivity index (χ1n) is 7.80. The summed E-state index contributed by atoms with van der Waals surface area (Å²) in [4.78, 5) is 2.47. The van der Waals surface area contributed by atoms with Crippen LogP contribution < -0.4 is 10.2 Å². The van der Waals surface area contributed by atoms with Crippen LogP contribution in [0.4, 0.5) is 5.69 Å². The highest BCUT2D eigenvalue weighted by molar-refractivity contribution is 5.48. The van der Waals surface area contributed by atoms with Crippen molar-refractivity contribution < 1.29 is 0 Å². The van der Waals surface area contributed by atoms with Crippen LogP contribution >= 0.6 is 0 Å². The van der Waals surface area contributed by atoms with E-state index in [-0.39, 0.29) is 0 Å². The van der Waals surface area contributed by atoms with E-state index in [1.807, 2.05) is 10.9 Å². The summed E-state index contributed by atoms with van der Waals surface area (Å²) in [7, 11) is 0. The molecule has 1 aliphatic rings. The first-order chi connectivity index (χ1) is 10.4. The Morgan fingerprint density at radius 3 is 2.62 bits per heavy atom. The molecule has 2 heterocycles. The Morgan fingerprint density at radius 2 is 1.90 bits per heavy atom. The minimum Gasteiger partial charge on any atom is -0.372 e. The number of nitrogens with zero attached hydrogens (tertiary/aromatic N) is 4. The lowest BCUT2D eigenvalue weighted by molar-refractivity contribution is 0.530. The Morgan fingerprint density at radius 1 is 1.10 bits per heavy atom. The van der Waals surface area contributed by atoms with Gasteiger partial charge in [-0.3, -0.25) is 4.68 Å². The molecule has 1 aliphatic heterocycles. The number of hydrogen-bond donors (Lipinski definition) is 1. The van der Waals surface area contributed by atoms with Gasteiger partial charge < -0.3 is 10.2 Å². The molecule has 1 fully saturated rings. The van der Waals surface area contributed by atoms with Gasteiger partial charge in [0.1, 0.15) is 0 Å². The molecule has 1 saturated heterocycles. The van der Waals surface area contributed by atoms with E-state index in [1.54, 1.807) is 6.20 Å². The zero-order chi connectivity index (χ0) is 14.3. The van der Waals surface area contributed by atoms with Crippen molar-refractivity contribution in [1.82, 2.24) is 20.3 Å². The Hall–Kier alpha value is -1.88. The minimum absolute atomic E-state index is 0.918. The third kappa shape index (κ3) is 4.04. The number of rotatable bonds is 7. The maximum Gasteiger partial charge on any atom is 0.0692 e. The Labute approximate surface area is 126 Å². The first kappa shape index (κ1) is 14.1. The largest absolute Gasteiger partial charge is 0.372 e. The van der Waals surface area contributed by atoms with E-state index in [0.717, 1.165) is 26.1 Å². The lowest BCUT2D eigenvalue weighted by Crippen LogP contribution is -2.18. The Bertz CT molecular complexity index is 514. The van der Waals surface area contributed by atoms with Gasteiger partial charge in [-0.25, -0.2) is 0 Å². The molecule has 0 atom stereocenters. The molecular formula is C16H23N5. The van der Waals surface area contributed by atoms with Gasteiger partial charge in [0.2, 0.25) is 0 Å². The fourth-order valence-corrected chi connectivity index (χ4v) is 2.75. The predicted molar refractivity (Wildman–Crippen MR) is 84.2 cm³/mol. The van der Waals surface area contributed by atoms with Crippen molar-refractivity contribution in [3.8, 4) is 0 Å². The highest BCUT2D eigenvalue weighted by atomic mass is 15.4. The average Bonchev–Trinajstić information content (AvgIpc) is 3.21. The molecule has 3 rings (SSSR count). The van der Waals surface area contributed by atoms with Crippen LogP contribution in [0.25, 0.3) is 0 Å². The third-order valence-electron chi connectivity index (χ3n) is 3.95. The van der Waals surface area contributed by atoms with Gasteiger partial charge in [-0.1, -0.05) is 17.3 Å². The van der Waals surface area contributed by atoms with Gasteiger partial charge in [-0.15, -0.1) is 5.10 Å². The summed E-state index contributed by atoms with van der Waals surface area (Å²) >= 11 is 0. The molecule has 1 aromatic heterocycles. The molecule has 0 bridgehead atoms. The number of anilines is 1. The topological polar surface area (TPSA) is 46.0 Å². The van der Waals surface area contributed by atoms with E-state index < -0.39 is 0 Å². The molecule has 0 spiro atoms. The summed E-state index contributed by atoms with van der Waals surface area (Å²) in [6.07, 6.45) is 7.34. The van der Waals surface area contributed by atoms with Crippen molar-refractivity contribution >= 4 is 5.69 Å². The van der Waals surface area contributed by atoms with Crippen molar-refractivity contribution in [3.63, 3.8) is 0 Å². The number of aromatic nitrogens is 3. The Balaban J connectivity index is 1.37. The summed E-state index contributed by atoms with van der Waals surface area (Å²) in [5, 5.41) is 11.2. The number of aryl methyl sites for hydroxylation is 1. The Kier molecular flexibility index (Phi) is 4.84. The van der Waals surface area contributed by atoms with Crippen LogP contribution in [-0.4, -0.2) is 34.6 Å². The van der Waals surface area contributed by atoms with Crippen LogP contribution in [0.3, 0.4) is 0 Å². The van der Waals surface area contributed by atoms with E-state index >= 15 is 0 Å². The molecular weight excluding hydrogens is 262 g/mol. The molecule has 1 N–H and O–H groups in total. The second kappa shape index (κ2) is 7.22. The van der Waals surface area contributed by atoms with Crippen molar-refractivity contribution in [2.45, 2.75) is 32.4 Å². The number of nitrogens with one attached hydrogen (secondary N) is 1. The van der Waals surface area contributed by atoms with Crippen LogP contribution in [0.1, 0.15) is 24.8 Å². The van der Waals surface area contributed by atoms with Gasteiger partial charge in [-0.2, -0.15) is 0 Å². The van der Waals surface area contributed by atoms with Gasteiger partial charge in [-0.05, 0) is 43.5 Å². The lowest BCUT2D eigenvalue weighted by atomic mass is 10.2. The highest BCUT2D eigenvalue weighted by Crippen LogP contribution is 2.20. The average molecular weight is 285 g/mol. The van der Waals surface area contributed by atoms with Gasteiger partial charge in [0.15, 0.2) is 0 Å². The fourth-order valence-electron chi connectivity index (χ4n) is 2.75. The van der Waals surface area contributed by atoms with Crippen LogP contribution in [0.5, 0.6) is 0 Å². The summed E-state index contributed by atoms with van der Waals surface area (Å²) in [5.41, 5.74) is 2.71. The zero-order valence-electron chi connectivity index (χ0n) is 12.4. The fraction of sp³-hybridized carbons (Fsp3) is 0.500. The second-order valence-electron chi connectivity index (χ2n) is 5.56. The summed E-state index contributed by atoms with van der Waals surface area (Å²) in [6.45, 7) is 5.26. The summed E-state index contributed by atoms with van der Waals surface area (Å²) in [5.74, 6) is 0. The zero-order valence-corrected chi connectivity index (χ0v) is 12.4. The van der Waals surface area contributed by atoms with Gasteiger partial charge in [0, 0.05) is 38.1 Å². The van der Waals surface area contributed by atoms with Crippen LogP contribution in [0.2, 0.25) is 0 Å². The maximum absolute atomic E-state index is 3.95. The van der Waals surface area contributed by atoms with Gasteiger partial charge >= 0.3 is 0 Å². The monoisotopic (exact) mass is 285 g/mol. The summed E-state index contributed by atoms with van der Waals surface area (Å²) in [6, 6.07) is 8.96. The molecule has 1 aromatic carbocycles. The minimum atomic E-state index is 0.918. The van der Waals surface area contributed by atoms with E-state index in [9.17, 15) is 0 Å².